The summed E-state index contributed by atoms with van der Waals surface area (Å²) in [5.41, 5.74) is 2.70. The van der Waals surface area contributed by atoms with Crippen molar-refractivity contribution in [2.75, 3.05) is 54.9 Å². The lowest BCUT2D eigenvalue weighted by Crippen LogP contribution is -2.49. The quantitative estimate of drug-likeness (QED) is 0.507. The molecule has 9 nitrogen and oxygen atoms in total. The van der Waals surface area contributed by atoms with Gasteiger partial charge in [-0.1, -0.05) is 30.3 Å². The minimum Gasteiger partial charge on any atom is -0.370 e. The monoisotopic (exact) mass is 487 g/mol. The first-order valence-corrected chi connectivity index (χ1v) is 12.2. The standard InChI is InChI=1S/C27H33N7O2/c1-21(32(2)24-7-4-3-5-8-24)20-30-27(36)31-23-11-9-22(10-12-23)19-25(35)33-15-17-34(18-16-33)26-28-13-6-14-29-26/h3-14,21H,15-20H2,1-2H3,(H2,30,31,36). The van der Waals surface area contributed by atoms with Gasteiger partial charge in [0.2, 0.25) is 11.9 Å². The van der Waals surface area contributed by atoms with Crippen LogP contribution in [-0.4, -0.2) is 72.6 Å². The molecular formula is C27H33N7O2. The number of piperazine rings is 1. The number of aromatic nitrogens is 2. The van der Waals surface area contributed by atoms with E-state index < -0.39 is 0 Å². The first-order chi connectivity index (χ1) is 17.5. The number of nitrogens with zero attached hydrogens (tertiary/aromatic N) is 5. The van der Waals surface area contributed by atoms with Gasteiger partial charge in [0.25, 0.3) is 0 Å². The van der Waals surface area contributed by atoms with E-state index in [0.717, 1.165) is 11.3 Å². The zero-order chi connectivity index (χ0) is 25.3. The molecule has 1 atom stereocenters. The molecule has 4 rings (SSSR count). The lowest BCUT2D eigenvalue weighted by Gasteiger charge is -2.34. The molecule has 0 aliphatic carbocycles. The van der Waals surface area contributed by atoms with Gasteiger partial charge in [-0.05, 0) is 42.8 Å². The van der Waals surface area contributed by atoms with Gasteiger partial charge in [0.1, 0.15) is 0 Å². The third-order valence-electron chi connectivity index (χ3n) is 6.42. The number of carbonyl (C=O) groups excluding carboxylic acids is 2. The van der Waals surface area contributed by atoms with E-state index in [1.165, 1.54) is 0 Å². The highest BCUT2D eigenvalue weighted by molar-refractivity contribution is 5.89. The van der Waals surface area contributed by atoms with Crippen molar-refractivity contribution < 1.29 is 9.59 Å². The van der Waals surface area contributed by atoms with Crippen molar-refractivity contribution in [3.05, 3.63) is 78.6 Å². The summed E-state index contributed by atoms with van der Waals surface area (Å²) in [6.45, 7) is 5.30. The maximum absolute atomic E-state index is 12.8. The van der Waals surface area contributed by atoms with Crippen LogP contribution < -0.4 is 20.4 Å². The highest BCUT2D eigenvalue weighted by Gasteiger charge is 2.22. The second kappa shape index (κ2) is 12.0. The van der Waals surface area contributed by atoms with Crippen LogP contribution in [0.1, 0.15) is 12.5 Å². The summed E-state index contributed by atoms with van der Waals surface area (Å²) in [7, 11) is 2.01. The molecule has 9 heteroatoms. The first kappa shape index (κ1) is 25.0. The van der Waals surface area contributed by atoms with Crippen molar-refractivity contribution in [2.24, 2.45) is 0 Å². The number of hydrogen-bond donors (Lipinski definition) is 2. The van der Waals surface area contributed by atoms with E-state index in [9.17, 15) is 9.59 Å². The summed E-state index contributed by atoms with van der Waals surface area (Å²) in [6, 6.07) is 19.2. The number of para-hydroxylation sites is 1. The van der Waals surface area contributed by atoms with Crippen LogP contribution in [0.25, 0.3) is 0 Å². The molecule has 1 aliphatic heterocycles. The van der Waals surface area contributed by atoms with Crippen molar-refractivity contribution in [1.29, 1.82) is 0 Å². The topological polar surface area (TPSA) is 93.7 Å². The van der Waals surface area contributed by atoms with Crippen LogP contribution in [0, 0.1) is 0 Å². The number of nitrogens with one attached hydrogen (secondary N) is 2. The molecule has 0 radical (unpaired) electrons. The van der Waals surface area contributed by atoms with Crippen LogP contribution in [0.5, 0.6) is 0 Å². The van der Waals surface area contributed by atoms with Crippen molar-refractivity contribution in [2.45, 2.75) is 19.4 Å². The SMILES string of the molecule is CC(CNC(=O)Nc1ccc(CC(=O)N2CCN(c3ncccn3)CC2)cc1)N(C)c1ccccc1. The van der Waals surface area contributed by atoms with E-state index in [-0.39, 0.29) is 18.0 Å². The highest BCUT2D eigenvalue weighted by Crippen LogP contribution is 2.15. The lowest BCUT2D eigenvalue weighted by atomic mass is 10.1. The van der Waals surface area contributed by atoms with Gasteiger partial charge >= 0.3 is 6.03 Å². The fraction of sp³-hybridized carbons (Fsp3) is 0.333. The van der Waals surface area contributed by atoms with Gasteiger partial charge in [0.15, 0.2) is 0 Å². The Labute approximate surface area is 212 Å². The predicted molar refractivity (Wildman–Crippen MR) is 142 cm³/mol. The number of rotatable bonds is 8. The van der Waals surface area contributed by atoms with Gasteiger partial charge < -0.3 is 25.3 Å². The molecule has 0 spiro atoms. The van der Waals surface area contributed by atoms with Crippen molar-refractivity contribution in [1.82, 2.24) is 20.2 Å². The number of urea groups is 1. The van der Waals surface area contributed by atoms with Crippen LogP contribution in [0.3, 0.4) is 0 Å². The Morgan fingerprint density at radius 2 is 1.61 bits per heavy atom. The molecule has 1 saturated heterocycles. The fourth-order valence-electron chi connectivity index (χ4n) is 4.07. The molecule has 2 heterocycles. The maximum atomic E-state index is 12.8. The fourth-order valence-corrected chi connectivity index (χ4v) is 4.07. The van der Waals surface area contributed by atoms with E-state index in [1.807, 2.05) is 66.5 Å². The first-order valence-electron chi connectivity index (χ1n) is 12.2. The number of benzene rings is 2. The minimum absolute atomic E-state index is 0.0959. The van der Waals surface area contributed by atoms with E-state index in [0.29, 0.717) is 50.8 Å². The number of carbonyl (C=O) groups is 2. The summed E-state index contributed by atoms with van der Waals surface area (Å²) >= 11 is 0. The van der Waals surface area contributed by atoms with Crippen molar-refractivity contribution in [3.8, 4) is 0 Å². The number of hydrogen-bond acceptors (Lipinski definition) is 6. The Kier molecular flexibility index (Phi) is 8.33. The van der Waals surface area contributed by atoms with Gasteiger partial charge in [-0.3, -0.25) is 4.79 Å². The molecule has 0 bridgehead atoms. The Hall–Kier alpha value is -4.14. The molecular weight excluding hydrogens is 454 g/mol. The Morgan fingerprint density at radius 1 is 0.944 bits per heavy atom. The van der Waals surface area contributed by atoms with E-state index in [1.54, 1.807) is 18.5 Å². The summed E-state index contributed by atoms with van der Waals surface area (Å²) in [5.74, 6) is 0.799. The largest absolute Gasteiger partial charge is 0.370 e. The molecule has 2 aromatic carbocycles. The van der Waals surface area contributed by atoms with E-state index in [2.05, 4.69) is 37.3 Å². The maximum Gasteiger partial charge on any atom is 0.319 e. The number of anilines is 3. The van der Waals surface area contributed by atoms with Gasteiger partial charge in [-0.2, -0.15) is 0 Å². The summed E-state index contributed by atoms with van der Waals surface area (Å²) < 4.78 is 0. The zero-order valence-corrected chi connectivity index (χ0v) is 20.8. The average Bonchev–Trinajstić information content (AvgIpc) is 2.93. The van der Waals surface area contributed by atoms with Crippen molar-refractivity contribution >= 4 is 29.3 Å². The van der Waals surface area contributed by atoms with E-state index in [4.69, 9.17) is 0 Å². The van der Waals surface area contributed by atoms with Gasteiger partial charge in [-0.15, -0.1) is 0 Å². The van der Waals surface area contributed by atoms with Crippen LogP contribution in [0.4, 0.5) is 22.1 Å². The van der Waals surface area contributed by atoms with E-state index >= 15 is 0 Å². The molecule has 0 saturated carbocycles. The number of likely N-dealkylation sites (N-methyl/N-ethyl adjacent to an activating group) is 1. The highest BCUT2D eigenvalue weighted by atomic mass is 16.2. The lowest BCUT2D eigenvalue weighted by molar-refractivity contribution is -0.130. The smallest absolute Gasteiger partial charge is 0.319 e. The molecule has 1 aliphatic rings. The second-order valence-corrected chi connectivity index (χ2v) is 8.92. The molecule has 1 aromatic heterocycles. The average molecular weight is 488 g/mol. The molecule has 3 amide bonds. The van der Waals surface area contributed by atoms with Crippen molar-refractivity contribution in [3.63, 3.8) is 0 Å². The van der Waals surface area contributed by atoms with Gasteiger partial charge in [0, 0.05) is 69.6 Å². The summed E-state index contributed by atoms with van der Waals surface area (Å²) in [4.78, 5) is 39.8. The molecule has 3 aromatic rings. The Balaban J connectivity index is 1.19. The molecule has 1 fully saturated rings. The van der Waals surface area contributed by atoms with Crippen LogP contribution in [0.2, 0.25) is 0 Å². The normalized spacial score (nSPS) is 14.2. The predicted octanol–water partition coefficient (Wildman–Crippen LogP) is 3.01. The third-order valence-corrected chi connectivity index (χ3v) is 6.42. The molecule has 36 heavy (non-hydrogen) atoms. The Morgan fingerprint density at radius 3 is 2.28 bits per heavy atom. The summed E-state index contributed by atoms with van der Waals surface area (Å²) in [6.07, 6.45) is 3.79. The van der Waals surface area contributed by atoms with Gasteiger partial charge in [0.05, 0.1) is 6.42 Å². The molecule has 188 valence electrons. The number of amides is 3. The Bertz CT molecular complexity index is 1120. The van der Waals surface area contributed by atoms with Crippen LogP contribution in [-0.2, 0) is 11.2 Å². The zero-order valence-electron chi connectivity index (χ0n) is 20.8. The minimum atomic E-state index is -0.257. The molecule has 2 N–H and O–H groups in total. The molecule has 1 unspecified atom stereocenters. The summed E-state index contributed by atoms with van der Waals surface area (Å²) in [5, 5.41) is 5.78. The van der Waals surface area contributed by atoms with Crippen LogP contribution in [0.15, 0.2) is 73.1 Å². The van der Waals surface area contributed by atoms with Crippen LogP contribution >= 0.6 is 0 Å². The van der Waals surface area contributed by atoms with Gasteiger partial charge in [-0.25, -0.2) is 14.8 Å². The third kappa shape index (κ3) is 6.71. The second-order valence-electron chi connectivity index (χ2n) is 8.92.